The predicted octanol–water partition coefficient (Wildman–Crippen LogP) is 9.78. The van der Waals surface area contributed by atoms with Gasteiger partial charge in [-0.05, 0) is 165 Å². The van der Waals surface area contributed by atoms with Gasteiger partial charge in [-0.25, -0.2) is 0 Å². The quantitative estimate of drug-likeness (QED) is 0.123. The first-order chi connectivity index (χ1) is 23.5. The lowest BCUT2D eigenvalue weighted by Crippen LogP contribution is -2.36. The highest BCUT2D eigenvalue weighted by atomic mass is 15.1. The lowest BCUT2D eigenvalue weighted by Gasteiger charge is -2.27. The summed E-state index contributed by atoms with van der Waals surface area (Å²) < 4.78 is 0. The van der Waals surface area contributed by atoms with Gasteiger partial charge in [0, 0.05) is 12.1 Å². The van der Waals surface area contributed by atoms with Gasteiger partial charge >= 0.3 is 0 Å². The predicted molar refractivity (Wildman–Crippen MR) is 211 cm³/mol. The van der Waals surface area contributed by atoms with Crippen molar-refractivity contribution in [1.82, 2.24) is 20.4 Å². The number of hydrogen-bond acceptors (Lipinski definition) is 4. The number of likely N-dealkylation sites (tertiary alicyclic amines) is 2. The average molecular weight is 661 g/mol. The molecule has 48 heavy (non-hydrogen) atoms. The van der Waals surface area contributed by atoms with Crippen LogP contribution in [0.15, 0.2) is 60.7 Å². The van der Waals surface area contributed by atoms with Gasteiger partial charge in [0.25, 0.3) is 0 Å². The van der Waals surface area contributed by atoms with E-state index >= 15 is 0 Å². The molecule has 0 radical (unpaired) electrons. The van der Waals surface area contributed by atoms with Crippen molar-refractivity contribution in [3.63, 3.8) is 0 Å². The van der Waals surface area contributed by atoms with Crippen molar-refractivity contribution in [2.24, 2.45) is 11.8 Å². The summed E-state index contributed by atoms with van der Waals surface area (Å²) in [6, 6.07) is 23.2. The Kier molecular flexibility index (Phi) is 22.2. The minimum Gasteiger partial charge on any atom is -0.314 e. The van der Waals surface area contributed by atoms with Crippen LogP contribution in [0.25, 0.3) is 0 Å². The molecule has 0 bridgehead atoms. The molecule has 2 saturated heterocycles. The van der Waals surface area contributed by atoms with E-state index in [9.17, 15) is 0 Å². The van der Waals surface area contributed by atoms with Gasteiger partial charge in [-0.1, -0.05) is 101 Å². The zero-order valence-corrected chi connectivity index (χ0v) is 31.9. The lowest BCUT2D eigenvalue weighted by atomic mass is 9.97. The standard InChI is InChI=1S/C23H40N2.C21H36N2/c1-21(2)15-16-23(14-9-13-22-11-5-3-6-12-22)24-17-10-20-25-18-7-4-8-19-25;1-19(2)12-13-21(18-20-10-5-3-6-11-20)22-14-9-17-23-15-7-4-8-16-23/h3,5-6,11-12,21,23-24H,4,7-10,13-20H2,1-2H3;3,5-6,10-11,19,21-22H,4,7-9,12-18H2,1-2H3. The lowest BCUT2D eigenvalue weighted by molar-refractivity contribution is 0.224. The van der Waals surface area contributed by atoms with Crippen LogP contribution >= 0.6 is 0 Å². The van der Waals surface area contributed by atoms with Gasteiger partial charge in [-0.15, -0.1) is 0 Å². The summed E-state index contributed by atoms with van der Waals surface area (Å²) in [7, 11) is 0. The Balaban J connectivity index is 0.000000261. The van der Waals surface area contributed by atoms with Crippen molar-refractivity contribution in [2.45, 2.75) is 143 Å². The average Bonchev–Trinajstić information content (AvgIpc) is 3.11. The molecule has 4 nitrogen and oxygen atoms in total. The number of piperidine rings is 2. The Bertz CT molecular complexity index is 981. The summed E-state index contributed by atoms with van der Waals surface area (Å²) in [6.07, 6.45) is 21.3. The summed E-state index contributed by atoms with van der Waals surface area (Å²) in [4.78, 5) is 5.30. The van der Waals surface area contributed by atoms with E-state index in [1.807, 2.05) is 0 Å². The zero-order chi connectivity index (χ0) is 34.1. The molecule has 0 aromatic heterocycles. The van der Waals surface area contributed by atoms with Gasteiger partial charge < -0.3 is 20.4 Å². The molecule has 0 aliphatic carbocycles. The maximum Gasteiger partial charge on any atom is 0.0108 e. The Hall–Kier alpha value is -1.72. The number of nitrogens with zero attached hydrogens (tertiary/aromatic N) is 2. The molecule has 2 atom stereocenters. The molecule has 0 amide bonds. The third-order valence-electron chi connectivity index (χ3n) is 10.4. The molecule has 2 aromatic carbocycles. The van der Waals surface area contributed by atoms with Crippen molar-refractivity contribution in [3.05, 3.63) is 71.8 Å². The van der Waals surface area contributed by atoms with Crippen LogP contribution in [0.1, 0.15) is 129 Å². The molecule has 2 aromatic rings. The van der Waals surface area contributed by atoms with Crippen molar-refractivity contribution in [1.29, 1.82) is 0 Å². The van der Waals surface area contributed by atoms with Crippen molar-refractivity contribution < 1.29 is 0 Å². The Morgan fingerprint density at radius 3 is 1.46 bits per heavy atom. The van der Waals surface area contributed by atoms with E-state index in [1.54, 1.807) is 0 Å². The first-order valence-electron chi connectivity index (χ1n) is 20.5. The molecule has 4 heteroatoms. The normalized spacial score (nSPS) is 17.3. The molecule has 2 aliphatic rings. The number of benzene rings is 2. The number of rotatable bonds is 22. The molecular formula is C44H76N4. The Morgan fingerprint density at radius 2 is 0.958 bits per heavy atom. The largest absolute Gasteiger partial charge is 0.314 e. The number of hydrogen-bond donors (Lipinski definition) is 2. The highest BCUT2D eigenvalue weighted by Crippen LogP contribution is 2.15. The summed E-state index contributed by atoms with van der Waals surface area (Å²) in [5.74, 6) is 1.61. The van der Waals surface area contributed by atoms with Crippen molar-refractivity contribution in [2.75, 3.05) is 52.4 Å². The van der Waals surface area contributed by atoms with Gasteiger partial charge in [0.1, 0.15) is 0 Å². The fourth-order valence-corrected chi connectivity index (χ4v) is 7.37. The fraction of sp³-hybridized carbons (Fsp3) is 0.727. The highest BCUT2D eigenvalue weighted by molar-refractivity contribution is 5.16. The van der Waals surface area contributed by atoms with Crippen LogP contribution in [0.5, 0.6) is 0 Å². The number of nitrogens with one attached hydrogen (secondary N) is 2. The van der Waals surface area contributed by atoms with Crippen molar-refractivity contribution in [3.8, 4) is 0 Å². The van der Waals surface area contributed by atoms with Gasteiger partial charge in [0.15, 0.2) is 0 Å². The van der Waals surface area contributed by atoms with Crippen molar-refractivity contribution >= 4 is 0 Å². The minimum atomic E-state index is 0.626. The zero-order valence-electron chi connectivity index (χ0n) is 31.9. The maximum absolute atomic E-state index is 3.87. The van der Waals surface area contributed by atoms with E-state index in [-0.39, 0.29) is 0 Å². The van der Waals surface area contributed by atoms with Gasteiger partial charge in [0.05, 0.1) is 0 Å². The summed E-state index contributed by atoms with van der Waals surface area (Å²) >= 11 is 0. The minimum absolute atomic E-state index is 0.626. The second kappa shape index (κ2) is 26.1. The van der Waals surface area contributed by atoms with Crippen LogP contribution in [-0.2, 0) is 12.8 Å². The second-order valence-corrected chi connectivity index (χ2v) is 15.8. The third-order valence-corrected chi connectivity index (χ3v) is 10.4. The molecule has 2 unspecified atom stereocenters. The van der Waals surface area contributed by atoms with Crippen LogP contribution < -0.4 is 10.6 Å². The first kappa shape index (κ1) is 40.7. The molecule has 2 heterocycles. The smallest absolute Gasteiger partial charge is 0.0108 e. The molecule has 272 valence electrons. The van der Waals surface area contributed by atoms with E-state index in [1.165, 1.54) is 153 Å². The van der Waals surface area contributed by atoms with Crippen LogP contribution in [0.4, 0.5) is 0 Å². The molecular weight excluding hydrogens is 585 g/mol. The monoisotopic (exact) mass is 661 g/mol. The van der Waals surface area contributed by atoms with Gasteiger partial charge in [-0.3, -0.25) is 0 Å². The van der Waals surface area contributed by atoms with E-state index in [0.29, 0.717) is 12.1 Å². The van der Waals surface area contributed by atoms with Crippen LogP contribution in [0.3, 0.4) is 0 Å². The maximum atomic E-state index is 3.87. The Morgan fingerprint density at radius 1 is 0.500 bits per heavy atom. The summed E-state index contributed by atoms with van der Waals surface area (Å²) in [5, 5.41) is 7.71. The Labute approximate surface area is 298 Å². The molecule has 0 spiro atoms. The SMILES string of the molecule is CC(C)CCC(CCCc1ccccc1)NCCCN1CCCCC1.CC(C)CCC(Cc1ccccc1)NCCCN1CCCCC1. The summed E-state index contributed by atoms with van der Waals surface area (Å²) in [5.41, 5.74) is 2.94. The third kappa shape index (κ3) is 20.1. The van der Waals surface area contributed by atoms with E-state index < -0.39 is 0 Å². The van der Waals surface area contributed by atoms with Crippen LogP contribution in [0.2, 0.25) is 0 Å². The van der Waals surface area contributed by atoms with Crippen LogP contribution in [-0.4, -0.2) is 74.2 Å². The highest BCUT2D eigenvalue weighted by Gasteiger charge is 2.13. The van der Waals surface area contributed by atoms with Gasteiger partial charge in [-0.2, -0.15) is 0 Å². The van der Waals surface area contributed by atoms with E-state index in [2.05, 4.69) is 109 Å². The first-order valence-corrected chi connectivity index (χ1v) is 20.5. The molecule has 2 fully saturated rings. The molecule has 2 aliphatic heterocycles. The van der Waals surface area contributed by atoms with E-state index in [0.717, 1.165) is 24.8 Å². The molecule has 0 saturated carbocycles. The van der Waals surface area contributed by atoms with Crippen LogP contribution in [0, 0.1) is 11.8 Å². The molecule has 2 N–H and O–H groups in total. The van der Waals surface area contributed by atoms with E-state index in [4.69, 9.17) is 0 Å². The molecule has 4 rings (SSSR count). The number of aryl methyl sites for hydroxylation is 1. The fourth-order valence-electron chi connectivity index (χ4n) is 7.37. The topological polar surface area (TPSA) is 30.5 Å². The second-order valence-electron chi connectivity index (χ2n) is 15.8. The van der Waals surface area contributed by atoms with Gasteiger partial charge in [0.2, 0.25) is 0 Å². The summed E-state index contributed by atoms with van der Waals surface area (Å²) in [6.45, 7) is 19.5.